The van der Waals surface area contributed by atoms with Gasteiger partial charge in [0.2, 0.25) is 0 Å². The molecule has 0 aliphatic carbocycles. The first-order valence-electron chi connectivity index (χ1n) is 6.10. The molecule has 0 spiro atoms. The highest BCUT2D eigenvalue weighted by molar-refractivity contribution is 7.99. The molecule has 2 rings (SSSR count). The van der Waals surface area contributed by atoms with E-state index in [9.17, 15) is 4.79 Å². The van der Waals surface area contributed by atoms with Crippen LogP contribution in [0.3, 0.4) is 0 Å². The number of ether oxygens (including phenoxy) is 1. The van der Waals surface area contributed by atoms with E-state index in [2.05, 4.69) is 11.6 Å². The number of aromatic nitrogens is 2. The van der Waals surface area contributed by atoms with Crippen molar-refractivity contribution in [1.29, 1.82) is 0 Å². The van der Waals surface area contributed by atoms with Crippen LogP contribution in [0.1, 0.15) is 0 Å². The summed E-state index contributed by atoms with van der Waals surface area (Å²) in [5.41, 5.74) is 0.540. The second-order valence-electron chi connectivity index (χ2n) is 4.11. The number of fused-ring (bicyclic) bond motifs is 1. The van der Waals surface area contributed by atoms with Gasteiger partial charge in [-0.15, -0.1) is 6.58 Å². The Balaban J connectivity index is 2.59. The van der Waals surface area contributed by atoms with Crippen molar-refractivity contribution in [3.05, 3.63) is 46.2 Å². The summed E-state index contributed by atoms with van der Waals surface area (Å²) in [6.07, 6.45) is 1.78. The fraction of sp³-hybridized carbons (Fsp3) is 0.286. The molecule has 0 fully saturated rings. The van der Waals surface area contributed by atoms with Crippen LogP contribution < -0.4 is 5.56 Å². The van der Waals surface area contributed by atoms with Gasteiger partial charge < -0.3 is 4.74 Å². The van der Waals surface area contributed by atoms with Crippen LogP contribution in [0.15, 0.2) is 40.8 Å². The van der Waals surface area contributed by atoms with E-state index in [-0.39, 0.29) is 5.56 Å². The Bertz CT molecular complexity index is 685. The number of hydrogen-bond donors (Lipinski definition) is 0. The maximum atomic E-state index is 12.5. The first-order chi connectivity index (χ1) is 9.67. The van der Waals surface area contributed by atoms with Crippen molar-refractivity contribution in [3.8, 4) is 0 Å². The molecule has 0 aliphatic heterocycles. The number of thioether (sulfide) groups is 1. The van der Waals surface area contributed by atoms with Gasteiger partial charge in [-0.2, -0.15) is 0 Å². The van der Waals surface area contributed by atoms with Crippen molar-refractivity contribution in [2.75, 3.05) is 19.5 Å². The SMILES string of the molecule is C=CCSc1nc2cc(Cl)ccc2c(=O)n1CCOC. The highest BCUT2D eigenvalue weighted by atomic mass is 35.5. The van der Waals surface area contributed by atoms with E-state index in [1.807, 2.05) is 0 Å². The van der Waals surface area contributed by atoms with Crippen LogP contribution >= 0.6 is 23.4 Å². The highest BCUT2D eigenvalue weighted by Gasteiger charge is 2.11. The smallest absolute Gasteiger partial charge is 0.262 e. The largest absolute Gasteiger partial charge is 0.383 e. The van der Waals surface area contributed by atoms with Gasteiger partial charge >= 0.3 is 0 Å². The quantitative estimate of drug-likeness (QED) is 0.467. The number of benzene rings is 1. The van der Waals surface area contributed by atoms with Crippen molar-refractivity contribution >= 4 is 34.3 Å². The van der Waals surface area contributed by atoms with Gasteiger partial charge in [0.1, 0.15) is 0 Å². The average molecular weight is 311 g/mol. The highest BCUT2D eigenvalue weighted by Crippen LogP contribution is 2.20. The molecule has 0 radical (unpaired) electrons. The predicted octanol–water partition coefficient (Wildman–Crippen LogP) is 2.97. The molecule has 0 unspecified atom stereocenters. The number of methoxy groups -OCH3 is 1. The molecule has 0 saturated heterocycles. The summed E-state index contributed by atoms with van der Waals surface area (Å²) < 4.78 is 6.69. The molecule has 106 valence electrons. The molecule has 1 aromatic carbocycles. The Kier molecular flexibility index (Phi) is 5.23. The molecule has 0 N–H and O–H groups in total. The molecular weight excluding hydrogens is 296 g/mol. The van der Waals surface area contributed by atoms with Crippen LogP contribution in [0.2, 0.25) is 5.02 Å². The normalized spacial score (nSPS) is 10.9. The number of halogens is 1. The molecule has 0 bridgehead atoms. The molecule has 2 aromatic rings. The lowest BCUT2D eigenvalue weighted by molar-refractivity contribution is 0.183. The third-order valence-electron chi connectivity index (χ3n) is 2.73. The molecular formula is C14H15ClN2O2S. The summed E-state index contributed by atoms with van der Waals surface area (Å²) in [7, 11) is 1.61. The van der Waals surface area contributed by atoms with E-state index in [0.29, 0.717) is 40.0 Å². The Labute approximate surface area is 126 Å². The molecule has 6 heteroatoms. The summed E-state index contributed by atoms with van der Waals surface area (Å²) >= 11 is 7.43. The lowest BCUT2D eigenvalue weighted by atomic mass is 10.2. The van der Waals surface area contributed by atoms with Gasteiger partial charge in [-0.1, -0.05) is 29.4 Å². The van der Waals surface area contributed by atoms with Crippen molar-refractivity contribution in [1.82, 2.24) is 9.55 Å². The zero-order valence-corrected chi connectivity index (χ0v) is 12.7. The Morgan fingerprint density at radius 3 is 3.05 bits per heavy atom. The van der Waals surface area contributed by atoms with E-state index in [4.69, 9.17) is 16.3 Å². The minimum atomic E-state index is -0.0738. The number of rotatable bonds is 6. The topological polar surface area (TPSA) is 44.1 Å². The summed E-state index contributed by atoms with van der Waals surface area (Å²) in [6.45, 7) is 4.62. The van der Waals surface area contributed by atoms with Gasteiger partial charge in [0, 0.05) is 17.9 Å². The molecule has 1 aromatic heterocycles. The summed E-state index contributed by atoms with van der Waals surface area (Å²) in [5, 5.41) is 1.79. The summed E-state index contributed by atoms with van der Waals surface area (Å²) in [4.78, 5) is 17.0. The van der Waals surface area contributed by atoms with Gasteiger partial charge in [-0.25, -0.2) is 4.98 Å². The van der Waals surface area contributed by atoms with Crippen molar-refractivity contribution in [3.63, 3.8) is 0 Å². The van der Waals surface area contributed by atoms with E-state index in [1.54, 1.807) is 36.0 Å². The Morgan fingerprint density at radius 2 is 2.35 bits per heavy atom. The van der Waals surface area contributed by atoms with Crippen LogP contribution in [0.4, 0.5) is 0 Å². The van der Waals surface area contributed by atoms with E-state index in [1.165, 1.54) is 11.8 Å². The number of nitrogens with zero attached hydrogens (tertiary/aromatic N) is 2. The Hall–Kier alpha value is -1.30. The molecule has 0 saturated carbocycles. The minimum absolute atomic E-state index is 0.0738. The van der Waals surface area contributed by atoms with Crippen molar-refractivity contribution < 1.29 is 4.74 Å². The average Bonchev–Trinajstić information content (AvgIpc) is 2.44. The predicted molar refractivity (Wildman–Crippen MR) is 83.8 cm³/mol. The van der Waals surface area contributed by atoms with E-state index in [0.717, 1.165) is 0 Å². The molecule has 0 amide bonds. The number of hydrogen-bond acceptors (Lipinski definition) is 4. The van der Waals surface area contributed by atoms with Gasteiger partial charge in [0.25, 0.3) is 5.56 Å². The third kappa shape index (κ3) is 3.23. The molecule has 0 atom stereocenters. The lowest BCUT2D eigenvalue weighted by Gasteiger charge is -2.12. The van der Waals surface area contributed by atoms with Crippen LogP contribution in [0.5, 0.6) is 0 Å². The molecule has 0 aliphatic rings. The van der Waals surface area contributed by atoms with Crippen LogP contribution in [-0.2, 0) is 11.3 Å². The van der Waals surface area contributed by atoms with Crippen molar-refractivity contribution in [2.24, 2.45) is 0 Å². The standard InChI is InChI=1S/C14H15ClN2O2S/c1-3-8-20-14-16-12-9-10(15)4-5-11(12)13(18)17(14)6-7-19-2/h3-5,9H,1,6-8H2,2H3. The zero-order valence-electron chi connectivity index (χ0n) is 11.1. The molecule has 1 heterocycles. The first-order valence-corrected chi connectivity index (χ1v) is 7.46. The van der Waals surface area contributed by atoms with Gasteiger partial charge in [-0.05, 0) is 18.2 Å². The summed E-state index contributed by atoms with van der Waals surface area (Å²) in [5.74, 6) is 0.686. The molecule has 20 heavy (non-hydrogen) atoms. The fourth-order valence-electron chi connectivity index (χ4n) is 1.80. The Morgan fingerprint density at radius 1 is 1.55 bits per heavy atom. The van der Waals surface area contributed by atoms with E-state index < -0.39 is 0 Å². The maximum Gasteiger partial charge on any atom is 0.262 e. The van der Waals surface area contributed by atoms with Crippen LogP contribution in [0.25, 0.3) is 10.9 Å². The van der Waals surface area contributed by atoms with Gasteiger partial charge in [-0.3, -0.25) is 9.36 Å². The monoisotopic (exact) mass is 310 g/mol. The molecule has 4 nitrogen and oxygen atoms in total. The third-order valence-corrected chi connectivity index (χ3v) is 3.94. The van der Waals surface area contributed by atoms with Crippen LogP contribution in [0, 0.1) is 0 Å². The first kappa shape index (κ1) is 15.1. The van der Waals surface area contributed by atoms with Crippen LogP contribution in [-0.4, -0.2) is 29.0 Å². The lowest BCUT2D eigenvalue weighted by Crippen LogP contribution is -2.25. The fourth-order valence-corrected chi connectivity index (χ4v) is 2.72. The second-order valence-corrected chi connectivity index (χ2v) is 5.53. The second kappa shape index (κ2) is 6.92. The maximum absolute atomic E-state index is 12.5. The van der Waals surface area contributed by atoms with E-state index >= 15 is 0 Å². The van der Waals surface area contributed by atoms with Gasteiger partial charge in [0.15, 0.2) is 5.16 Å². The minimum Gasteiger partial charge on any atom is -0.383 e. The summed E-state index contributed by atoms with van der Waals surface area (Å²) in [6, 6.07) is 5.11. The zero-order chi connectivity index (χ0) is 14.5. The van der Waals surface area contributed by atoms with Crippen molar-refractivity contribution in [2.45, 2.75) is 11.7 Å². The van der Waals surface area contributed by atoms with Gasteiger partial charge in [0.05, 0.1) is 24.1 Å².